The molecular formula is C20H26N2O3. The van der Waals surface area contributed by atoms with Crippen LogP contribution in [-0.4, -0.2) is 16.1 Å². The Labute approximate surface area is 148 Å². The Morgan fingerprint density at radius 2 is 1.80 bits per heavy atom. The van der Waals surface area contributed by atoms with Crippen molar-refractivity contribution in [2.45, 2.75) is 52.2 Å². The van der Waals surface area contributed by atoms with Crippen LogP contribution < -0.4 is 11.3 Å². The van der Waals surface area contributed by atoms with Crippen LogP contribution in [-0.2, 0) is 28.9 Å². The summed E-state index contributed by atoms with van der Waals surface area (Å²) in [5.74, 6) is -0.453. The number of rotatable bonds is 6. The van der Waals surface area contributed by atoms with Crippen LogP contribution >= 0.6 is 0 Å². The van der Waals surface area contributed by atoms with Crippen LogP contribution in [0, 0.1) is 0 Å². The van der Waals surface area contributed by atoms with Gasteiger partial charge in [-0.3, -0.25) is 9.59 Å². The minimum atomic E-state index is -0.580. The molecular weight excluding hydrogens is 316 g/mol. The molecule has 0 radical (unpaired) electrons. The Bertz CT molecular complexity index is 774. The number of aryl methyl sites for hydroxylation is 2. The molecule has 0 fully saturated rings. The number of hydrogen-bond donors (Lipinski definition) is 1. The van der Waals surface area contributed by atoms with Crippen molar-refractivity contribution in [3.05, 3.63) is 64.1 Å². The van der Waals surface area contributed by atoms with Crippen molar-refractivity contribution in [1.82, 2.24) is 4.57 Å². The molecule has 2 rings (SSSR count). The summed E-state index contributed by atoms with van der Waals surface area (Å²) in [4.78, 5) is 24.2. The van der Waals surface area contributed by atoms with E-state index in [1.54, 1.807) is 27.0 Å². The van der Waals surface area contributed by atoms with Crippen molar-refractivity contribution >= 4 is 11.7 Å². The Balaban J connectivity index is 1.99. The van der Waals surface area contributed by atoms with Crippen molar-refractivity contribution in [3.8, 4) is 0 Å². The van der Waals surface area contributed by atoms with Crippen molar-refractivity contribution in [2.75, 3.05) is 5.73 Å². The van der Waals surface area contributed by atoms with E-state index in [-0.39, 0.29) is 17.8 Å². The van der Waals surface area contributed by atoms with Crippen LogP contribution in [0.4, 0.5) is 5.69 Å². The number of nitrogen functional groups attached to an aromatic ring is 1. The molecule has 0 spiro atoms. The molecule has 2 N–H and O–H groups in total. The van der Waals surface area contributed by atoms with Gasteiger partial charge in [0, 0.05) is 6.20 Å². The van der Waals surface area contributed by atoms with Gasteiger partial charge in [-0.05, 0) is 57.2 Å². The lowest BCUT2D eigenvalue weighted by atomic mass is 10.0. The zero-order chi connectivity index (χ0) is 18.4. The number of anilines is 1. The highest BCUT2D eigenvalue weighted by molar-refractivity contribution is 5.69. The molecule has 0 aliphatic rings. The largest absolute Gasteiger partial charge is 0.459 e. The fourth-order valence-corrected chi connectivity index (χ4v) is 2.61. The van der Waals surface area contributed by atoms with E-state index in [9.17, 15) is 9.59 Å². The molecule has 25 heavy (non-hydrogen) atoms. The second-order valence-corrected chi connectivity index (χ2v) is 7.11. The Morgan fingerprint density at radius 1 is 1.12 bits per heavy atom. The van der Waals surface area contributed by atoms with Gasteiger partial charge in [0.25, 0.3) is 5.56 Å². The summed E-state index contributed by atoms with van der Waals surface area (Å²) in [6.45, 7) is 5.23. The SMILES string of the molecule is CC(C)(C)OC(=O)Cn1ccc(CCCc2ccccc2)c(N)c1=O. The van der Waals surface area contributed by atoms with Gasteiger partial charge in [-0.15, -0.1) is 0 Å². The van der Waals surface area contributed by atoms with Gasteiger partial charge in [-0.1, -0.05) is 30.3 Å². The van der Waals surface area contributed by atoms with Crippen LogP contribution in [0.25, 0.3) is 0 Å². The van der Waals surface area contributed by atoms with Crippen molar-refractivity contribution in [2.24, 2.45) is 0 Å². The standard InChI is InChI=1S/C20H26N2O3/c1-20(2,3)25-17(23)14-22-13-12-16(18(21)19(22)24)11-7-10-15-8-5-4-6-9-15/h4-6,8-9,12-13H,7,10-11,14,21H2,1-3H3. The highest BCUT2D eigenvalue weighted by atomic mass is 16.6. The monoisotopic (exact) mass is 342 g/mol. The first-order valence-electron chi connectivity index (χ1n) is 8.50. The number of benzene rings is 1. The molecule has 0 saturated carbocycles. The topological polar surface area (TPSA) is 74.3 Å². The van der Waals surface area contributed by atoms with E-state index in [1.807, 2.05) is 24.3 Å². The lowest BCUT2D eigenvalue weighted by Gasteiger charge is -2.20. The van der Waals surface area contributed by atoms with E-state index in [2.05, 4.69) is 12.1 Å². The average Bonchev–Trinajstić information content (AvgIpc) is 2.53. The predicted molar refractivity (Wildman–Crippen MR) is 99.4 cm³/mol. The lowest BCUT2D eigenvalue weighted by Crippen LogP contribution is -2.31. The number of hydrogen-bond acceptors (Lipinski definition) is 4. The van der Waals surface area contributed by atoms with Crippen molar-refractivity contribution < 1.29 is 9.53 Å². The quantitative estimate of drug-likeness (QED) is 0.819. The number of nitrogens with zero attached hydrogens (tertiary/aromatic N) is 1. The first-order valence-corrected chi connectivity index (χ1v) is 8.50. The van der Waals surface area contributed by atoms with E-state index < -0.39 is 11.6 Å². The van der Waals surface area contributed by atoms with E-state index in [4.69, 9.17) is 10.5 Å². The Kier molecular flexibility index (Phi) is 6.02. The molecule has 0 aliphatic heterocycles. The van der Waals surface area contributed by atoms with Gasteiger partial charge in [0.2, 0.25) is 0 Å². The van der Waals surface area contributed by atoms with Crippen molar-refractivity contribution in [1.29, 1.82) is 0 Å². The number of esters is 1. The first-order chi connectivity index (χ1) is 11.8. The van der Waals surface area contributed by atoms with Gasteiger partial charge < -0.3 is 15.0 Å². The maximum absolute atomic E-state index is 12.4. The summed E-state index contributed by atoms with van der Waals surface area (Å²) in [6.07, 6.45) is 4.18. The molecule has 0 aliphatic carbocycles. The van der Waals surface area contributed by atoms with Crippen LogP contribution in [0.5, 0.6) is 0 Å². The molecule has 0 bridgehead atoms. The summed E-state index contributed by atoms with van der Waals surface area (Å²) in [5.41, 5.74) is 7.35. The van der Waals surface area contributed by atoms with Crippen molar-refractivity contribution in [3.63, 3.8) is 0 Å². The van der Waals surface area contributed by atoms with E-state index in [1.165, 1.54) is 10.1 Å². The van der Waals surface area contributed by atoms with Crippen LogP contribution in [0.3, 0.4) is 0 Å². The normalized spacial score (nSPS) is 11.3. The lowest BCUT2D eigenvalue weighted by molar-refractivity contribution is -0.155. The first kappa shape index (κ1) is 18.8. The maximum atomic E-state index is 12.4. The van der Waals surface area contributed by atoms with Crippen LogP contribution in [0.15, 0.2) is 47.4 Å². The van der Waals surface area contributed by atoms with E-state index in [0.717, 1.165) is 24.8 Å². The number of carbonyl (C=O) groups excluding carboxylic acids is 1. The van der Waals surface area contributed by atoms with E-state index in [0.29, 0.717) is 0 Å². The number of ether oxygens (including phenoxy) is 1. The highest BCUT2D eigenvalue weighted by Gasteiger charge is 2.17. The third-order valence-corrected chi connectivity index (χ3v) is 3.77. The summed E-state index contributed by atoms with van der Waals surface area (Å²) >= 11 is 0. The zero-order valence-corrected chi connectivity index (χ0v) is 15.1. The molecule has 134 valence electrons. The summed E-state index contributed by atoms with van der Waals surface area (Å²) < 4.78 is 6.54. The zero-order valence-electron chi connectivity index (χ0n) is 15.1. The maximum Gasteiger partial charge on any atom is 0.326 e. The number of nitrogens with two attached hydrogens (primary N) is 1. The van der Waals surface area contributed by atoms with Gasteiger partial charge in [-0.25, -0.2) is 0 Å². The Hall–Kier alpha value is -2.56. The molecule has 1 aromatic heterocycles. The summed E-state index contributed by atoms with van der Waals surface area (Å²) in [5, 5.41) is 0. The second kappa shape index (κ2) is 8.01. The minimum absolute atomic E-state index is 0.134. The summed E-state index contributed by atoms with van der Waals surface area (Å²) in [7, 11) is 0. The number of pyridine rings is 1. The number of aromatic nitrogens is 1. The smallest absolute Gasteiger partial charge is 0.326 e. The van der Waals surface area contributed by atoms with Crippen LogP contribution in [0.2, 0.25) is 0 Å². The molecule has 5 nitrogen and oxygen atoms in total. The van der Waals surface area contributed by atoms with Gasteiger partial charge in [-0.2, -0.15) is 0 Å². The fourth-order valence-electron chi connectivity index (χ4n) is 2.61. The minimum Gasteiger partial charge on any atom is -0.459 e. The molecule has 0 atom stereocenters. The highest BCUT2D eigenvalue weighted by Crippen LogP contribution is 2.12. The third-order valence-electron chi connectivity index (χ3n) is 3.77. The number of carbonyl (C=O) groups is 1. The molecule has 1 heterocycles. The average molecular weight is 342 g/mol. The van der Waals surface area contributed by atoms with E-state index >= 15 is 0 Å². The molecule has 1 aromatic carbocycles. The van der Waals surface area contributed by atoms with Gasteiger partial charge >= 0.3 is 5.97 Å². The van der Waals surface area contributed by atoms with Gasteiger partial charge in [0.1, 0.15) is 17.8 Å². The van der Waals surface area contributed by atoms with Gasteiger partial charge in [0.05, 0.1) is 0 Å². The Morgan fingerprint density at radius 3 is 2.44 bits per heavy atom. The van der Waals surface area contributed by atoms with Gasteiger partial charge in [0.15, 0.2) is 0 Å². The third kappa shape index (κ3) is 5.78. The predicted octanol–water partition coefficient (Wildman–Crippen LogP) is 2.95. The molecule has 0 unspecified atom stereocenters. The fraction of sp³-hybridized carbons (Fsp3) is 0.400. The summed E-state index contributed by atoms with van der Waals surface area (Å²) in [6, 6.07) is 12.0. The molecule has 2 aromatic rings. The molecule has 0 amide bonds. The molecule has 5 heteroatoms. The van der Waals surface area contributed by atoms with Crippen LogP contribution in [0.1, 0.15) is 38.3 Å². The second-order valence-electron chi connectivity index (χ2n) is 7.11. The molecule has 0 saturated heterocycles.